The second-order valence-corrected chi connectivity index (χ2v) is 9.10. The molecule has 1 unspecified atom stereocenters. The highest BCUT2D eigenvalue weighted by atomic mass is 32.2. The molecule has 1 atom stereocenters. The molecule has 6 nitrogen and oxygen atoms in total. The lowest BCUT2D eigenvalue weighted by Crippen LogP contribution is -2.34. The fraction of sp³-hybridized carbons (Fsp3) is 0.160. The summed E-state index contributed by atoms with van der Waals surface area (Å²) >= 11 is 0. The Morgan fingerprint density at radius 2 is 1.50 bits per heavy atom. The van der Waals surface area contributed by atoms with Crippen LogP contribution in [0, 0.1) is 0 Å². The molecule has 166 valence electrons. The van der Waals surface area contributed by atoms with Crippen LogP contribution >= 0.6 is 0 Å². The van der Waals surface area contributed by atoms with Crippen molar-refractivity contribution in [3.63, 3.8) is 0 Å². The van der Waals surface area contributed by atoms with E-state index in [1.165, 1.54) is 6.08 Å². The highest BCUT2D eigenvalue weighted by Crippen LogP contribution is 2.17. The number of nitrogens with one attached hydrogen (secondary N) is 2. The van der Waals surface area contributed by atoms with E-state index in [1.54, 1.807) is 24.3 Å². The Morgan fingerprint density at radius 1 is 0.906 bits per heavy atom. The van der Waals surface area contributed by atoms with Crippen molar-refractivity contribution in [1.29, 1.82) is 0 Å². The van der Waals surface area contributed by atoms with E-state index in [4.69, 9.17) is 0 Å². The van der Waals surface area contributed by atoms with Crippen LogP contribution in [0.1, 0.15) is 27.5 Å². The van der Waals surface area contributed by atoms with Crippen molar-refractivity contribution in [3.8, 4) is 0 Å². The number of anilines is 1. The van der Waals surface area contributed by atoms with Crippen LogP contribution in [0.3, 0.4) is 0 Å². The van der Waals surface area contributed by atoms with E-state index in [2.05, 4.69) is 14.9 Å². The zero-order valence-corrected chi connectivity index (χ0v) is 18.9. The topological polar surface area (TPSA) is 78.5 Å². The molecule has 2 N–H and O–H groups in total. The minimum absolute atomic E-state index is 0.0441. The first-order chi connectivity index (χ1) is 15.3. The lowest BCUT2D eigenvalue weighted by atomic mass is 10.1. The lowest BCUT2D eigenvalue weighted by Gasteiger charge is -2.25. The van der Waals surface area contributed by atoms with Gasteiger partial charge in [0, 0.05) is 17.8 Å². The molecule has 3 rings (SSSR count). The van der Waals surface area contributed by atoms with Gasteiger partial charge in [-0.05, 0) is 55.6 Å². The summed E-state index contributed by atoms with van der Waals surface area (Å²) in [7, 11) is 0.274. The number of carbonyl (C=O) groups is 1. The molecular weight excluding hydrogens is 422 g/mol. The minimum Gasteiger partial charge on any atom is -0.350 e. The Balaban J connectivity index is 1.59. The fourth-order valence-electron chi connectivity index (χ4n) is 3.19. The van der Waals surface area contributed by atoms with Gasteiger partial charge in [0.1, 0.15) is 0 Å². The third-order valence-electron chi connectivity index (χ3n) is 4.91. The molecule has 3 aromatic rings. The number of amides is 1. The van der Waals surface area contributed by atoms with Crippen molar-refractivity contribution < 1.29 is 13.2 Å². The van der Waals surface area contributed by atoms with Crippen LogP contribution in [0.25, 0.3) is 6.08 Å². The first-order valence-corrected chi connectivity index (χ1v) is 11.7. The maximum absolute atomic E-state index is 12.6. The first kappa shape index (κ1) is 23.2. The Kier molecular flexibility index (Phi) is 7.81. The maximum atomic E-state index is 12.6. The average Bonchev–Trinajstić information content (AvgIpc) is 2.79. The largest absolute Gasteiger partial charge is 0.350 e. The number of hydrogen-bond donors (Lipinski definition) is 2. The highest BCUT2D eigenvalue weighted by Gasteiger charge is 2.16. The summed E-state index contributed by atoms with van der Waals surface area (Å²) in [5, 5.41) is 4.07. The predicted octanol–water partition coefficient (Wildman–Crippen LogP) is 4.13. The molecule has 7 heteroatoms. The average molecular weight is 450 g/mol. The van der Waals surface area contributed by atoms with Crippen molar-refractivity contribution in [1.82, 2.24) is 10.2 Å². The smallest absolute Gasteiger partial charge is 0.255 e. The number of rotatable bonds is 9. The summed E-state index contributed by atoms with van der Waals surface area (Å²) in [5.41, 5.74) is 2.75. The van der Waals surface area contributed by atoms with Crippen LogP contribution in [0.2, 0.25) is 0 Å². The van der Waals surface area contributed by atoms with Crippen LogP contribution in [0.4, 0.5) is 5.69 Å². The van der Waals surface area contributed by atoms with E-state index in [0.717, 1.165) is 16.5 Å². The summed E-state index contributed by atoms with van der Waals surface area (Å²) in [6, 6.07) is 25.5. The van der Waals surface area contributed by atoms with Crippen molar-refractivity contribution >= 4 is 27.7 Å². The van der Waals surface area contributed by atoms with E-state index in [9.17, 15) is 13.2 Å². The fourth-order valence-corrected chi connectivity index (χ4v) is 4.05. The van der Waals surface area contributed by atoms with Gasteiger partial charge in [0.25, 0.3) is 15.9 Å². The van der Waals surface area contributed by atoms with Crippen LogP contribution in [-0.2, 0) is 10.0 Å². The van der Waals surface area contributed by atoms with Gasteiger partial charge in [-0.3, -0.25) is 9.52 Å². The number of sulfonamides is 1. The van der Waals surface area contributed by atoms with Crippen molar-refractivity contribution in [2.45, 2.75) is 6.04 Å². The zero-order valence-electron chi connectivity index (χ0n) is 18.1. The second-order valence-electron chi connectivity index (χ2n) is 7.54. The van der Waals surface area contributed by atoms with E-state index < -0.39 is 10.0 Å². The van der Waals surface area contributed by atoms with Gasteiger partial charge in [-0.2, -0.15) is 0 Å². The van der Waals surface area contributed by atoms with Gasteiger partial charge in [-0.1, -0.05) is 60.7 Å². The summed E-state index contributed by atoms with van der Waals surface area (Å²) in [6.45, 7) is 0.453. The Morgan fingerprint density at radius 3 is 2.09 bits per heavy atom. The molecule has 0 bridgehead atoms. The predicted molar refractivity (Wildman–Crippen MR) is 130 cm³/mol. The number of nitrogens with zero attached hydrogens (tertiary/aromatic N) is 1. The van der Waals surface area contributed by atoms with Crippen LogP contribution in [-0.4, -0.2) is 39.9 Å². The van der Waals surface area contributed by atoms with Gasteiger partial charge in [0.2, 0.25) is 0 Å². The van der Waals surface area contributed by atoms with Gasteiger partial charge in [-0.15, -0.1) is 0 Å². The van der Waals surface area contributed by atoms with Crippen molar-refractivity contribution in [2.75, 3.05) is 25.4 Å². The van der Waals surface area contributed by atoms with Gasteiger partial charge in [0.15, 0.2) is 0 Å². The maximum Gasteiger partial charge on any atom is 0.255 e. The van der Waals surface area contributed by atoms with Gasteiger partial charge in [0.05, 0.1) is 11.4 Å². The SMILES string of the molecule is CN(C)C(CNC(=O)c1ccc(NS(=O)(=O)/C=C/c2ccccc2)cc1)c1ccccc1. The molecule has 1 amide bonds. The molecule has 0 fully saturated rings. The second kappa shape index (κ2) is 10.7. The van der Waals surface area contributed by atoms with Crippen molar-refractivity contribution in [2.24, 2.45) is 0 Å². The van der Waals surface area contributed by atoms with Gasteiger partial charge >= 0.3 is 0 Å². The molecule has 3 aromatic carbocycles. The number of likely N-dealkylation sites (N-methyl/N-ethyl adjacent to an activating group) is 1. The molecule has 0 saturated carbocycles. The molecule has 0 heterocycles. The van der Waals surface area contributed by atoms with Gasteiger partial charge in [-0.25, -0.2) is 8.42 Å². The van der Waals surface area contributed by atoms with Gasteiger partial charge < -0.3 is 10.2 Å². The Bertz CT molecular complexity index is 1140. The molecule has 0 aliphatic rings. The summed E-state index contributed by atoms with van der Waals surface area (Å²) in [6.07, 6.45) is 1.53. The van der Waals surface area contributed by atoms with Crippen molar-refractivity contribution in [3.05, 3.63) is 107 Å². The normalized spacial score (nSPS) is 12.6. The summed E-state index contributed by atoms with van der Waals surface area (Å²) < 4.78 is 27.1. The van der Waals surface area contributed by atoms with E-state index in [0.29, 0.717) is 17.8 Å². The third-order valence-corrected chi connectivity index (χ3v) is 5.92. The van der Waals surface area contributed by atoms with Crippen LogP contribution < -0.4 is 10.0 Å². The van der Waals surface area contributed by atoms with E-state index in [1.807, 2.05) is 74.8 Å². The van der Waals surface area contributed by atoms with Crippen LogP contribution in [0.5, 0.6) is 0 Å². The molecule has 0 radical (unpaired) electrons. The standard InChI is InChI=1S/C25H27N3O3S/c1-28(2)24(21-11-7-4-8-12-21)19-26-25(29)22-13-15-23(16-14-22)27-32(30,31)18-17-20-9-5-3-6-10-20/h3-18,24,27H,19H2,1-2H3,(H,26,29)/b18-17+. The lowest BCUT2D eigenvalue weighted by molar-refractivity contribution is 0.0942. The summed E-state index contributed by atoms with van der Waals surface area (Å²) in [4.78, 5) is 14.6. The molecule has 32 heavy (non-hydrogen) atoms. The molecule has 0 saturated heterocycles. The molecule has 0 aliphatic carbocycles. The monoisotopic (exact) mass is 449 g/mol. The highest BCUT2D eigenvalue weighted by molar-refractivity contribution is 7.95. The Labute approximate surface area is 189 Å². The molecule has 0 spiro atoms. The first-order valence-electron chi connectivity index (χ1n) is 10.2. The number of hydrogen-bond acceptors (Lipinski definition) is 4. The summed E-state index contributed by atoms with van der Waals surface area (Å²) in [5.74, 6) is -0.217. The molecular formula is C25H27N3O3S. The van der Waals surface area contributed by atoms with E-state index >= 15 is 0 Å². The molecule has 0 aromatic heterocycles. The molecule has 0 aliphatic heterocycles. The number of carbonyl (C=O) groups excluding carboxylic acids is 1. The van der Waals surface area contributed by atoms with Crippen LogP contribution in [0.15, 0.2) is 90.3 Å². The number of benzene rings is 3. The minimum atomic E-state index is -3.66. The van der Waals surface area contributed by atoms with E-state index in [-0.39, 0.29) is 11.9 Å². The quantitative estimate of drug-likeness (QED) is 0.515. The third kappa shape index (κ3) is 6.80. The Hall–Kier alpha value is -3.42. The zero-order chi connectivity index (χ0) is 23.0.